The number of nitrogens with one attached hydrogen (secondary N) is 2. The number of guanidine groups is 1. The quantitative estimate of drug-likeness (QED) is 0.872. The largest absolute Gasteiger partial charge is 0.495 e. The smallest absolute Gasteiger partial charge is 0.253 e. The Morgan fingerprint density at radius 1 is 1.50 bits per heavy atom. The number of nitrogens with zero attached hydrogens (tertiary/aromatic N) is 1. The van der Waals surface area contributed by atoms with Crippen LogP contribution < -0.4 is 15.4 Å². The third-order valence-corrected chi connectivity index (χ3v) is 2.91. The number of carbonyl (C=O) groups excluding carboxylic acids is 1. The highest BCUT2D eigenvalue weighted by Crippen LogP contribution is 2.28. The number of hydrogen-bond acceptors (Lipinski definition) is 3. The molecular formula is C12H14ClN3O2. The van der Waals surface area contributed by atoms with Gasteiger partial charge in [0.2, 0.25) is 0 Å². The molecule has 1 saturated heterocycles. The maximum Gasteiger partial charge on any atom is 0.253 e. The van der Waals surface area contributed by atoms with Crippen molar-refractivity contribution in [2.75, 3.05) is 13.7 Å². The standard InChI is InChI=1S/C12H14ClN3O2/c1-3-14-12-15-10(11(17)16-12)7-4-5-9(18-2)8(13)6-7/h4-6,10H,3H2,1-2H3,(H2,14,15,16,17). The van der Waals surface area contributed by atoms with Crippen LogP contribution in [0.1, 0.15) is 18.5 Å². The predicted molar refractivity (Wildman–Crippen MR) is 70.0 cm³/mol. The summed E-state index contributed by atoms with van der Waals surface area (Å²) in [7, 11) is 1.55. The van der Waals surface area contributed by atoms with Crippen molar-refractivity contribution in [2.45, 2.75) is 13.0 Å². The number of methoxy groups -OCH3 is 1. The van der Waals surface area contributed by atoms with Crippen molar-refractivity contribution in [3.63, 3.8) is 0 Å². The Bertz CT molecular complexity index is 502. The van der Waals surface area contributed by atoms with Gasteiger partial charge in [0.25, 0.3) is 5.91 Å². The van der Waals surface area contributed by atoms with E-state index in [9.17, 15) is 4.79 Å². The van der Waals surface area contributed by atoms with Gasteiger partial charge in [-0.2, -0.15) is 0 Å². The van der Waals surface area contributed by atoms with E-state index in [0.717, 1.165) is 5.56 Å². The molecule has 0 aliphatic carbocycles. The van der Waals surface area contributed by atoms with Crippen LogP contribution in [0.5, 0.6) is 5.75 Å². The minimum Gasteiger partial charge on any atom is -0.495 e. The summed E-state index contributed by atoms with van der Waals surface area (Å²) in [5.41, 5.74) is 0.777. The van der Waals surface area contributed by atoms with Gasteiger partial charge >= 0.3 is 0 Å². The monoisotopic (exact) mass is 267 g/mol. The van der Waals surface area contributed by atoms with Crippen LogP contribution in [0, 0.1) is 0 Å². The third-order valence-electron chi connectivity index (χ3n) is 2.61. The molecule has 1 heterocycles. The van der Waals surface area contributed by atoms with Gasteiger partial charge in [0.1, 0.15) is 11.8 Å². The van der Waals surface area contributed by atoms with Crippen LogP contribution in [0.3, 0.4) is 0 Å². The molecule has 1 aliphatic rings. The molecule has 1 unspecified atom stereocenters. The van der Waals surface area contributed by atoms with Crippen LogP contribution in [-0.4, -0.2) is 25.5 Å². The molecule has 0 spiro atoms. The van der Waals surface area contributed by atoms with Gasteiger partial charge in [0.05, 0.1) is 12.1 Å². The Morgan fingerprint density at radius 2 is 2.28 bits per heavy atom. The van der Waals surface area contributed by atoms with E-state index in [0.29, 0.717) is 23.3 Å². The number of hydrogen-bond donors (Lipinski definition) is 2. The zero-order valence-electron chi connectivity index (χ0n) is 10.2. The van der Waals surface area contributed by atoms with Gasteiger partial charge in [0, 0.05) is 6.54 Å². The van der Waals surface area contributed by atoms with E-state index >= 15 is 0 Å². The molecule has 1 aromatic rings. The van der Waals surface area contributed by atoms with Crippen molar-refractivity contribution in [1.29, 1.82) is 0 Å². The molecule has 0 bridgehead atoms. The van der Waals surface area contributed by atoms with Gasteiger partial charge in [-0.15, -0.1) is 0 Å². The zero-order valence-corrected chi connectivity index (χ0v) is 10.9. The van der Waals surface area contributed by atoms with Crippen molar-refractivity contribution < 1.29 is 9.53 Å². The molecule has 1 amide bonds. The van der Waals surface area contributed by atoms with E-state index in [1.54, 1.807) is 25.3 Å². The lowest BCUT2D eigenvalue weighted by atomic mass is 10.1. The molecule has 96 valence electrons. The lowest BCUT2D eigenvalue weighted by Crippen LogP contribution is -2.25. The van der Waals surface area contributed by atoms with Crippen LogP contribution in [0.2, 0.25) is 5.02 Å². The SMILES string of the molecule is CCN=C1NC(=O)C(c2ccc(OC)c(Cl)c2)N1. The fraction of sp³-hybridized carbons (Fsp3) is 0.333. The van der Waals surface area contributed by atoms with E-state index in [1.807, 2.05) is 6.92 Å². The van der Waals surface area contributed by atoms with Crippen LogP contribution in [0.4, 0.5) is 0 Å². The first kappa shape index (κ1) is 12.7. The summed E-state index contributed by atoms with van der Waals surface area (Å²) in [6, 6.07) is 4.80. The molecule has 1 fully saturated rings. The fourth-order valence-electron chi connectivity index (χ4n) is 1.77. The predicted octanol–water partition coefficient (Wildman–Crippen LogP) is 1.49. The van der Waals surface area contributed by atoms with Gasteiger partial charge < -0.3 is 10.1 Å². The minimum absolute atomic E-state index is 0.136. The maximum atomic E-state index is 11.8. The summed E-state index contributed by atoms with van der Waals surface area (Å²) in [5, 5.41) is 6.17. The first-order valence-corrected chi connectivity index (χ1v) is 5.98. The van der Waals surface area contributed by atoms with Crippen molar-refractivity contribution >= 4 is 23.5 Å². The van der Waals surface area contributed by atoms with E-state index in [4.69, 9.17) is 16.3 Å². The lowest BCUT2D eigenvalue weighted by Gasteiger charge is -2.10. The minimum atomic E-state index is -0.460. The first-order valence-electron chi connectivity index (χ1n) is 5.61. The van der Waals surface area contributed by atoms with E-state index in [2.05, 4.69) is 15.6 Å². The van der Waals surface area contributed by atoms with Crippen molar-refractivity contribution in [3.05, 3.63) is 28.8 Å². The summed E-state index contributed by atoms with van der Waals surface area (Å²) < 4.78 is 5.07. The Labute approximate surface area is 110 Å². The van der Waals surface area contributed by atoms with E-state index in [1.165, 1.54) is 0 Å². The highest BCUT2D eigenvalue weighted by Gasteiger charge is 2.29. The summed E-state index contributed by atoms with van der Waals surface area (Å²) in [5.74, 6) is 0.948. The maximum absolute atomic E-state index is 11.8. The molecule has 0 radical (unpaired) electrons. The molecule has 0 saturated carbocycles. The molecule has 1 aromatic carbocycles. The molecule has 5 nitrogen and oxygen atoms in total. The van der Waals surface area contributed by atoms with Crippen molar-refractivity contribution in [2.24, 2.45) is 4.99 Å². The topological polar surface area (TPSA) is 62.7 Å². The normalized spacial score (nSPS) is 20.7. The zero-order chi connectivity index (χ0) is 13.1. The number of halogens is 1. The highest BCUT2D eigenvalue weighted by atomic mass is 35.5. The van der Waals surface area contributed by atoms with Crippen LogP contribution in [0.15, 0.2) is 23.2 Å². The molecule has 2 N–H and O–H groups in total. The van der Waals surface area contributed by atoms with Gasteiger partial charge in [-0.05, 0) is 24.6 Å². The Morgan fingerprint density at radius 3 is 2.89 bits per heavy atom. The summed E-state index contributed by atoms with van der Waals surface area (Å²) in [6.07, 6.45) is 0. The lowest BCUT2D eigenvalue weighted by molar-refractivity contribution is -0.120. The van der Waals surface area contributed by atoms with Crippen molar-refractivity contribution in [3.8, 4) is 5.75 Å². The van der Waals surface area contributed by atoms with Gasteiger partial charge in [-0.3, -0.25) is 15.1 Å². The van der Waals surface area contributed by atoms with E-state index < -0.39 is 6.04 Å². The van der Waals surface area contributed by atoms with Crippen LogP contribution in [-0.2, 0) is 4.79 Å². The van der Waals surface area contributed by atoms with Crippen LogP contribution >= 0.6 is 11.6 Å². The average molecular weight is 268 g/mol. The second-order valence-corrected chi connectivity index (χ2v) is 4.19. The number of ether oxygens (including phenoxy) is 1. The highest BCUT2D eigenvalue weighted by molar-refractivity contribution is 6.32. The van der Waals surface area contributed by atoms with E-state index in [-0.39, 0.29) is 5.91 Å². The second-order valence-electron chi connectivity index (χ2n) is 3.78. The van der Waals surface area contributed by atoms with Gasteiger partial charge in [-0.25, -0.2) is 0 Å². The fourth-order valence-corrected chi connectivity index (χ4v) is 2.03. The molecule has 1 aliphatic heterocycles. The summed E-state index contributed by atoms with van der Waals surface area (Å²) >= 11 is 6.04. The summed E-state index contributed by atoms with van der Waals surface area (Å²) in [4.78, 5) is 15.9. The number of carbonyl (C=O) groups is 1. The molecule has 18 heavy (non-hydrogen) atoms. The molecule has 0 aromatic heterocycles. The van der Waals surface area contributed by atoms with Gasteiger partial charge in [-0.1, -0.05) is 17.7 Å². The Hall–Kier alpha value is -1.75. The van der Waals surface area contributed by atoms with Gasteiger partial charge in [0.15, 0.2) is 5.96 Å². The number of aliphatic imine (C=N–C) groups is 1. The molecular weight excluding hydrogens is 254 g/mol. The Kier molecular flexibility index (Phi) is 3.72. The number of rotatable bonds is 3. The number of benzene rings is 1. The van der Waals surface area contributed by atoms with Crippen molar-refractivity contribution in [1.82, 2.24) is 10.6 Å². The second kappa shape index (κ2) is 5.27. The summed E-state index contributed by atoms with van der Waals surface area (Å²) in [6.45, 7) is 2.51. The Balaban J connectivity index is 2.25. The first-order chi connectivity index (χ1) is 8.65. The molecule has 6 heteroatoms. The number of amides is 1. The average Bonchev–Trinajstić information content (AvgIpc) is 2.71. The third kappa shape index (κ3) is 2.41. The van der Waals surface area contributed by atoms with Crippen LogP contribution in [0.25, 0.3) is 0 Å². The molecule has 1 atom stereocenters. The molecule has 2 rings (SSSR count).